The summed E-state index contributed by atoms with van der Waals surface area (Å²) in [7, 11) is 0. The average molecular weight is 372 g/mol. The van der Waals surface area contributed by atoms with Gasteiger partial charge in [0, 0.05) is 16.5 Å². The Hall–Kier alpha value is -2.96. The van der Waals surface area contributed by atoms with Gasteiger partial charge < -0.3 is 4.98 Å². The van der Waals surface area contributed by atoms with Crippen molar-refractivity contribution in [1.29, 1.82) is 0 Å². The highest BCUT2D eigenvalue weighted by Gasteiger charge is 2.19. The monoisotopic (exact) mass is 372 g/mol. The summed E-state index contributed by atoms with van der Waals surface area (Å²) in [6.07, 6.45) is 1.65. The Labute approximate surface area is 158 Å². The van der Waals surface area contributed by atoms with Crippen molar-refractivity contribution < 1.29 is 0 Å². The Morgan fingerprint density at radius 2 is 1.54 bits per heavy atom. The Morgan fingerprint density at radius 3 is 2.27 bits per heavy atom. The van der Waals surface area contributed by atoms with E-state index in [4.69, 9.17) is 12.2 Å². The number of hydrogen-bond acceptors (Lipinski definition) is 5. The predicted octanol–water partition coefficient (Wildman–Crippen LogP) is 5.63. The molecule has 0 aliphatic heterocycles. The van der Waals surface area contributed by atoms with Gasteiger partial charge in [0.2, 0.25) is 0 Å². The molecule has 5 aromatic rings. The van der Waals surface area contributed by atoms with Crippen molar-refractivity contribution in [2.45, 2.75) is 0 Å². The van der Waals surface area contributed by atoms with Gasteiger partial charge in [-0.3, -0.25) is 0 Å². The summed E-state index contributed by atoms with van der Waals surface area (Å²) in [5.41, 5.74) is 5.02. The third-order valence-corrected chi connectivity index (χ3v) is 5.83. The minimum atomic E-state index is 0.585. The van der Waals surface area contributed by atoms with Crippen LogP contribution in [0.3, 0.4) is 0 Å². The maximum atomic E-state index is 5.41. The molecule has 0 saturated heterocycles. The van der Waals surface area contributed by atoms with Crippen LogP contribution in [0.4, 0.5) is 0 Å². The van der Waals surface area contributed by atoms with E-state index >= 15 is 0 Å². The molecule has 6 heteroatoms. The molecule has 0 aliphatic carbocycles. The van der Waals surface area contributed by atoms with Crippen molar-refractivity contribution >= 4 is 44.0 Å². The van der Waals surface area contributed by atoms with Crippen molar-refractivity contribution in [3.8, 4) is 22.4 Å². The minimum absolute atomic E-state index is 0.585. The summed E-state index contributed by atoms with van der Waals surface area (Å²) in [5, 5.41) is 10.1. The van der Waals surface area contributed by atoms with Crippen LogP contribution in [-0.2, 0) is 0 Å². The number of aromatic nitrogens is 4. The molecule has 0 unspecified atom stereocenters. The SMILES string of the molecule is S=c1nc[nH]c2c1sc1nnc(-c3ccccc3)c(-c3ccccc3)c12. The molecular weight excluding hydrogens is 360 g/mol. The van der Waals surface area contributed by atoms with Crippen molar-refractivity contribution in [1.82, 2.24) is 20.2 Å². The first kappa shape index (κ1) is 15.3. The summed E-state index contributed by atoms with van der Waals surface area (Å²) in [6, 6.07) is 20.4. The highest BCUT2D eigenvalue weighted by molar-refractivity contribution is 7.71. The molecule has 0 aliphatic rings. The van der Waals surface area contributed by atoms with E-state index in [2.05, 4.69) is 44.4 Å². The van der Waals surface area contributed by atoms with E-state index in [1.165, 1.54) is 11.3 Å². The number of thiophene rings is 1. The quantitative estimate of drug-likeness (QED) is 0.408. The van der Waals surface area contributed by atoms with E-state index in [1.807, 2.05) is 36.4 Å². The van der Waals surface area contributed by atoms with Crippen LogP contribution in [-0.4, -0.2) is 20.2 Å². The number of hydrogen-bond donors (Lipinski definition) is 1. The third-order valence-electron chi connectivity index (χ3n) is 4.31. The fourth-order valence-electron chi connectivity index (χ4n) is 3.17. The van der Waals surface area contributed by atoms with Crippen molar-refractivity contribution in [2.24, 2.45) is 0 Å². The third kappa shape index (κ3) is 2.34. The lowest BCUT2D eigenvalue weighted by Gasteiger charge is -2.10. The van der Waals surface area contributed by atoms with Gasteiger partial charge in [-0.2, -0.15) is 0 Å². The van der Waals surface area contributed by atoms with E-state index in [0.717, 1.165) is 42.8 Å². The van der Waals surface area contributed by atoms with Crippen molar-refractivity contribution in [2.75, 3.05) is 0 Å². The normalized spacial score (nSPS) is 11.2. The van der Waals surface area contributed by atoms with Gasteiger partial charge in [-0.1, -0.05) is 72.9 Å². The molecular formula is C20H12N4S2. The van der Waals surface area contributed by atoms with Gasteiger partial charge in [0.15, 0.2) is 0 Å². The lowest BCUT2D eigenvalue weighted by Crippen LogP contribution is -1.94. The van der Waals surface area contributed by atoms with Crippen LogP contribution in [0, 0.1) is 4.64 Å². The fraction of sp³-hybridized carbons (Fsp3) is 0. The Balaban J connectivity index is 1.99. The number of aromatic amines is 1. The van der Waals surface area contributed by atoms with Crippen LogP contribution in [0.2, 0.25) is 0 Å². The van der Waals surface area contributed by atoms with Crippen LogP contribution in [0.25, 0.3) is 42.8 Å². The van der Waals surface area contributed by atoms with E-state index in [1.54, 1.807) is 6.33 Å². The molecule has 0 fully saturated rings. The molecule has 3 aromatic heterocycles. The highest BCUT2D eigenvalue weighted by Crippen LogP contribution is 2.41. The van der Waals surface area contributed by atoms with Crippen LogP contribution < -0.4 is 0 Å². The summed E-state index contributed by atoms with van der Waals surface area (Å²) in [4.78, 5) is 8.33. The number of benzene rings is 2. The second-order valence-corrected chi connectivity index (χ2v) is 7.24. The molecule has 124 valence electrons. The van der Waals surface area contributed by atoms with E-state index in [-0.39, 0.29) is 0 Å². The zero-order valence-corrected chi connectivity index (χ0v) is 15.1. The number of H-pyrrole nitrogens is 1. The van der Waals surface area contributed by atoms with Crippen molar-refractivity contribution in [3.63, 3.8) is 0 Å². The summed E-state index contributed by atoms with van der Waals surface area (Å²) < 4.78 is 1.52. The molecule has 4 nitrogen and oxygen atoms in total. The smallest absolute Gasteiger partial charge is 0.149 e. The van der Waals surface area contributed by atoms with Crippen molar-refractivity contribution in [3.05, 3.63) is 71.6 Å². The highest BCUT2D eigenvalue weighted by atomic mass is 32.1. The number of fused-ring (bicyclic) bond motifs is 3. The fourth-order valence-corrected chi connectivity index (χ4v) is 4.44. The number of nitrogens with zero attached hydrogens (tertiary/aromatic N) is 3. The van der Waals surface area contributed by atoms with Crippen LogP contribution >= 0.6 is 23.6 Å². The lowest BCUT2D eigenvalue weighted by molar-refractivity contribution is 1.09. The van der Waals surface area contributed by atoms with Gasteiger partial charge in [-0.05, 0) is 5.56 Å². The van der Waals surface area contributed by atoms with Crippen LogP contribution in [0.1, 0.15) is 0 Å². The molecule has 0 amide bonds. The van der Waals surface area contributed by atoms with Gasteiger partial charge in [0.25, 0.3) is 0 Å². The van der Waals surface area contributed by atoms with E-state index in [9.17, 15) is 0 Å². The second-order valence-electron chi connectivity index (χ2n) is 5.85. The molecule has 5 rings (SSSR count). The van der Waals surface area contributed by atoms with E-state index < -0.39 is 0 Å². The molecule has 0 spiro atoms. The Bertz CT molecular complexity index is 1290. The van der Waals surface area contributed by atoms with Gasteiger partial charge >= 0.3 is 0 Å². The maximum Gasteiger partial charge on any atom is 0.149 e. The molecule has 3 heterocycles. The summed E-state index contributed by atoms with van der Waals surface area (Å²) in [6.45, 7) is 0. The first-order chi connectivity index (χ1) is 12.8. The second kappa shape index (κ2) is 6.09. The minimum Gasteiger partial charge on any atom is -0.344 e. The lowest BCUT2D eigenvalue weighted by atomic mass is 9.97. The van der Waals surface area contributed by atoms with E-state index in [0.29, 0.717) is 4.64 Å². The van der Waals surface area contributed by atoms with Gasteiger partial charge in [-0.15, -0.1) is 21.5 Å². The summed E-state index contributed by atoms with van der Waals surface area (Å²) in [5.74, 6) is 0. The number of nitrogens with one attached hydrogen (secondary N) is 1. The summed E-state index contributed by atoms with van der Waals surface area (Å²) >= 11 is 6.94. The predicted molar refractivity (Wildman–Crippen MR) is 109 cm³/mol. The maximum absolute atomic E-state index is 5.41. The molecule has 1 N–H and O–H groups in total. The molecule has 0 bridgehead atoms. The Morgan fingerprint density at radius 1 is 0.846 bits per heavy atom. The van der Waals surface area contributed by atoms with Gasteiger partial charge in [0.1, 0.15) is 15.2 Å². The molecule has 0 radical (unpaired) electrons. The Kier molecular flexibility index (Phi) is 3.58. The van der Waals surface area contributed by atoms with Gasteiger partial charge in [-0.25, -0.2) is 4.98 Å². The molecule has 26 heavy (non-hydrogen) atoms. The largest absolute Gasteiger partial charge is 0.344 e. The molecule has 2 aromatic carbocycles. The standard InChI is InChI=1S/C20H12N4S2/c25-19-18-17(21-11-22-19)15-14(12-7-3-1-4-8-12)16(23-24-20(15)26-18)13-9-5-2-6-10-13/h1-11H,(H,21,22,25). The molecule has 0 atom stereocenters. The van der Waals surface area contributed by atoms with Crippen LogP contribution in [0.15, 0.2) is 67.0 Å². The zero-order valence-electron chi connectivity index (χ0n) is 13.5. The number of rotatable bonds is 2. The molecule has 0 saturated carbocycles. The topological polar surface area (TPSA) is 54.5 Å². The van der Waals surface area contributed by atoms with Crippen LogP contribution in [0.5, 0.6) is 0 Å². The van der Waals surface area contributed by atoms with Gasteiger partial charge in [0.05, 0.1) is 16.5 Å². The first-order valence-corrected chi connectivity index (χ1v) is 9.33. The first-order valence-electron chi connectivity index (χ1n) is 8.10. The average Bonchev–Trinajstić information content (AvgIpc) is 3.09. The zero-order chi connectivity index (χ0) is 17.5.